The average molecular weight is 357 g/mol. The van der Waals surface area contributed by atoms with Gasteiger partial charge in [0.05, 0.1) is 18.5 Å². The summed E-state index contributed by atoms with van der Waals surface area (Å²) in [7, 11) is 0. The smallest absolute Gasteiger partial charge is 0.225 e. The number of nitrogens with one attached hydrogen (secondary N) is 1. The second kappa shape index (κ2) is 9.29. The van der Waals surface area contributed by atoms with Crippen LogP contribution in [0, 0.1) is 11.7 Å². The molecule has 1 aromatic carbocycles. The van der Waals surface area contributed by atoms with Gasteiger partial charge in [-0.05, 0) is 43.7 Å². The van der Waals surface area contributed by atoms with Crippen LogP contribution in [0.15, 0.2) is 48.8 Å². The van der Waals surface area contributed by atoms with E-state index in [9.17, 15) is 9.18 Å². The Kier molecular flexibility index (Phi) is 6.55. The number of halogens is 1. The van der Waals surface area contributed by atoms with Gasteiger partial charge in [0.1, 0.15) is 11.6 Å². The van der Waals surface area contributed by atoms with Gasteiger partial charge in [-0.15, -0.1) is 0 Å². The lowest BCUT2D eigenvalue weighted by Crippen LogP contribution is -2.39. The fourth-order valence-corrected chi connectivity index (χ4v) is 3.18. The van der Waals surface area contributed by atoms with E-state index in [-0.39, 0.29) is 11.7 Å². The zero-order valence-electron chi connectivity index (χ0n) is 14.7. The van der Waals surface area contributed by atoms with Gasteiger partial charge in [-0.1, -0.05) is 6.07 Å². The van der Waals surface area contributed by atoms with Crippen molar-refractivity contribution >= 4 is 11.6 Å². The molecule has 5 nitrogen and oxygen atoms in total. The minimum absolute atomic E-state index is 0.00358. The SMILES string of the molecule is O=C(CCN1CCC[C@H](COc2cccc(F)c2)C1)Nc1cccnc1. The zero-order chi connectivity index (χ0) is 18.2. The molecule has 138 valence electrons. The van der Waals surface area contributed by atoms with Crippen LogP contribution in [0.25, 0.3) is 0 Å². The lowest BCUT2D eigenvalue weighted by Gasteiger charge is -2.32. The van der Waals surface area contributed by atoms with Crippen molar-refractivity contribution in [1.29, 1.82) is 0 Å². The maximum atomic E-state index is 13.2. The van der Waals surface area contributed by atoms with Crippen molar-refractivity contribution in [2.24, 2.45) is 5.92 Å². The van der Waals surface area contributed by atoms with E-state index in [0.29, 0.717) is 24.7 Å². The lowest BCUT2D eigenvalue weighted by molar-refractivity contribution is -0.116. The van der Waals surface area contributed by atoms with Crippen molar-refractivity contribution < 1.29 is 13.9 Å². The molecule has 2 aromatic rings. The van der Waals surface area contributed by atoms with Crippen LogP contribution in [0.2, 0.25) is 0 Å². The molecular weight excluding hydrogens is 333 g/mol. The van der Waals surface area contributed by atoms with Crippen LogP contribution in [-0.4, -0.2) is 42.0 Å². The molecule has 1 saturated heterocycles. The van der Waals surface area contributed by atoms with Gasteiger partial charge < -0.3 is 15.0 Å². The third-order valence-electron chi connectivity index (χ3n) is 4.49. The molecule has 1 atom stereocenters. The number of hydrogen-bond acceptors (Lipinski definition) is 4. The zero-order valence-corrected chi connectivity index (χ0v) is 14.7. The van der Waals surface area contributed by atoms with E-state index in [4.69, 9.17) is 4.74 Å². The number of benzene rings is 1. The van der Waals surface area contributed by atoms with Crippen molar-refractivity contribution in [1.82, 2.24) is 9.88 Å². The average Bonchev–Trinajstić information content (AvgIpc) is 2.66. The summed E-state index contributed by atoms with van der Waals surface area (Å²) in [6, 6.07) is 9.86. The first-order chi connectivity index (χ1) is 12.7. The van der Waals surface area contributed by atoms with Crippen molar-refractivity contribution in [3.63, 3.8) is 0 Å². The Labute approximate surface area is 153 Å². The Hall–Kier alpha value is -2.47. The van der Waals surface area contributed by atoms with Gasteiger partial charge in [-0.2, -0.15) is 0 Å². The summed E-state index contributed by atoms with van der Waals surface area (Å²) < 4.78 is 18.9. The first-order valence-corrected chi connectivity index (χ1v) is 8.99. The molecule has 0 spiro atoms. The van der Waals surface area contributed by atoms with Crippen LogP contribution >= 0.6 is 0 Å². The first kappa shape index (κ1) is 18.3. The van der Waals surface area contributed by atoms with Crippen molar-refractivity contribution in [2.75, 3.05) is 31.6 Å². The number of aromatic nitrogens is 1. The molecule has 0 saturated carbocycles. The van der Waals surface area contributed by atoms with Crippen LogP contribution in [0.4, 0.5) is 10.1 Å². The third-order valence-corrected chi connectivity index (χ3v) is 4.49. The van der Waals surface area contributed by atoms with E-state index in [0.717, 1.165) is 38.2 Å². The fraction of sp³-hybridized carbons (Fsp3) is 0.400. The molecule has 1 fully saturated rings. The molecule has 1 N–H and O–H groups in total. The lowest BCUT2D eigenvalue weighted by atomic mass is 9.99. The number of likely N-dealkylation sites (tertiary alicyclic amines) is 1. The molecule has 0 unspecified atom stereocenters. The first-order valence-electron chi connectivity index (χ1n) is 8.99. The summed E-state index contributed by atoms with van der Waals surface area (Å²) in [6.07, 6.45) is 5.94. The van der Waals surface area contributed by atoms with E-state index >= 15 is 0 Å². The maximum Gasteiger partial charge on any atom is 0.225 e. The molecule has 1 amide bonds. The van der Waals surface area contributed by atoms with E-state index in [1.165, 1.54) is 12.1 Å². The van der Waals surface area contributed by atoms with Crippen molar-refractivity contribution in [2.45, 2.75) is 19.3 Å². The Morgan fingerprint density at radius 2 is 2.27 bits per heavy atom. The number of amides is 1. The number of rotatable bonds is 7. The second-order valence-corrected chi connectivity index (χ2v) is 6.62. The van der Waals surface area contributed by atoms with E-state index in [1.807, 2.05) is 6.07 Å². The number of hydrogen-bond donors (Lipinski definition) is 1. The molecule has 0 aliphatic carbocycles. The summed E-state index contributed by atoms with van der Waals surface area (Å²) >= 11 is 0. The second-order valence-electron chi connectivity index (χ2n) is 6.62. The summed E-state index contributed by atoms with van der Waals surface area (Å²) in [5, 5.41) is 2.86. The van der Waals surface area contributed by atoms with Gasteiger partial charge >= 0.3 is 0 Å². The number of carbonyl (C=O) groups excluding carboxylic acids is 1. The highest BCUT2D eigenvalue weighted by atomic mass is 19.1. The van der Waals surface area contributed by atoms with E-state index < -0.39 is 0 Å². The number of ether oxygens (including phenoxy) is 1. The van der Waals surface area contributed by atoms with Gasteiger partial charge in [0.15, 0.2) is 0 Å². The van der Waals surface area contributed by atoms with Gasteiger partial charge in [0.25, 0.3) is 0 Å². The largest absolute Gasteiger partial charge is 0.493 e. The number of piperidine rings is 1. The van der Waals surface area contributed by atoms with Gasteiger partial charge in [-0.3, -0.25) is 9.78 Å². The van der Waals surface area contributed by atoms with Crippen LogP contribution in [0.3, 0.4) is 0 Å². The van der Waals surface area contributed by atoms with Gasteiger partial charge in [0.2, 0.25) is 5.91 Å². The molecule has 1 aliphatic heterocycles. The van der Waals surface area contributed by atoms with Crippen LogP contribution < -0.4 is 10.1 Å². The highest BCUT2D eigenvalue weighted by Gasteiger charge is 2.21. The molecule has 6 heteroatoms. The molecule has 26 heavy (non-hydrogen) atoms. The quantitative estimate of drug-likeness (QED) is 0.826. The number of nitrogens with zero attached hydrogens (tertiary/aromatic N) is 2. The van der Waals surface area contributed by atoms with E-state index in [1.54, 1.807) is 30.6 Å². The van der Waals surface area contributed by atoms with Crippen molar-refractivity contribution in [3.05, 3.63) is 54.6 Å². The monoisotopic (exact) mass is 357 g/mol. The van der Waals surface area contributed by atoms with Crippen LogP contribution in [0.5, 0.6) is 5.75 Å². The highest BCUT2D eigenvalue weighted by molar-refractivity contribution is 5.90. The maximum absolute atomic E-state index is 13.2. The summed E-state index contributed by atoms with van der Waals surface area (Å²) in [6.45, 7) is 3.19. The van der Waals surface area contributed by atoms with Gasteiger partial charge in [-0.25, -0.2) is 4.39 Å². The molecule has 3 rings (SSSR count). The van der Waals surface area contributed by atoms with Crippen LogP contribution in [-0.2, 0) is 4.79 Å². The standard InChI is InChI=1S/C20H24FN3O2/c21-17-5-1-7-19(12-17)26-15-16-4-3-10-24(14-16)11-8-20(25)23-18-6-2-9-22-13-18/h1-2,5-7,9,12-13,16H,3-4,8,10-11,14-15H2,(H,23,25)/t16-/m0/s1. The summed E-state index contributed by atoms with van der Waals surface area (Å²) in [4.78, 5) is 18.3. The number of anilines is 1. The molecule has 2 heterocycles. The van der Waals surface area contributed by atoms with Crippen LogP contribution in [0.1, 0.15) is 19.3 Å². The molecule has 1 aliphatic rings. The fourth-order valence-electron chi connectivity index (χ4n) is 3.18. The number of pyridine rings is 1. The molecule has 1 aromatic heterocycles. The predicted molar refractivity (Wildman–Crippen MR) is 98.5 cm³/mol. The molecule has 0 bridgehead atoms. The Balaban J connectivity index is 1.40. The highest BCUT2D eigenvalue weighted by Crippen LogP contribution is 2.19. The van der Waals surface area contributed by atoms with Crippen molar-refractivity contribution in [3.8, 4) is 5.75 Å². The third kappa shape index (κ3) is 5.81. The number of carbonyl (C=O) groups is 1. The normalized spacial score (nSPS) is 17.7. The topological polar surface area (TPSA) is 54.5 Å². The Morgan fingerprint density at radius 1 is 1.35 bits per heavy atom. The predicted octanol–water partition coefficient (Wildman–Crippen LogP) is 3.34. The van der Waals surface area contributed by atoms with E-state index in [2.05, 4.69) is 15.2 Å². The Morgan fingerprint density at radius 3 is 3.08 bits per heavy atom. The molecular formula is C20H24FN3O2. The molecule has 0 radical (unpaired) electrons. The summed E-state index contributed by atoms with van der Waals surface area (Å²) in [5.74, 6) is 0.676. The minimum Gasteiger partial charge on any atom is -0.493 e. The minimum atomic E-state index is -0.285. The summed E-state index contributed by atoms with van der Waals surface area (Å²) in [5.41, 5.74) is 0.720. The Bertz CT molecular complexity index is 711. The van der Waals surface area contributed by atoms with Gasteiger partial charge in [0, 0.05) is 37.7 Å².